The number of nitrogens with zero attached hydrogens (tertiary/aromatic N) is 3. The number of hydrogen-bond acceptors (Lipinski definition) is 6. The van der Waals surface area contributed by atoms with E-state index in [0.29, 0.717) is 0 Å². The summed E-state index contributed by atoms with van der Waals surface area (Å²) in [6.07, 6.45) is 4.21. The smallest absolute Gasteiger partial charge is 0.340 e. The van der Waals surface area contributed by atoms with E-state index in [2.05, 4.69) is 4.40 Å². The van der Waals surface area contributed by atoms with E-state index in [4.69, 9.17) is 4.74 Å². The van der Waals surface area contributed by atoms with Gasteiger partial charge in [-0.05, 0) is 44.1 Å². The Morgan fingerprint density at radius 2 is 2.00 bits per heavy atom. The standard InChI is InChI=1S/C20H21N3O5S/c1-13-11-15-5-3-4-6-17(15)23(13)19(24)14(2)28-20(25)16-7-8-18-21-29(26,27)10-9-22(18)12-16/h3-8,12-14H,9-11H2,1-2H3/t13-,14+/m0/s1. The summed E-state index contributed by atoms with van der Waals surface area (Å²) >= 11 is 0. The van der Waals surface area contributed by atoms with Gasteiger partial charge in [-0.25, -0.2) is 13.2 Å². The molecule has 9 heteroatoms. The van der Waals surface area contributed by atoms with Gasteiger partial charge in [0.1, 0.15) is 5.84 Å². The zero-order chi connectivity index (χ0) is 20.8. The Kier molecular flexibility index (Phi) is 4.77. The molecule has 1 amide bonds. The van der Waals surface area contributed by atoms with Gasteiger partial charge in [-0.2, -0.15) is 0 Å². The Morgan fingerprint density at radius 1 is 1.24 bits per heavy atom. The highest BCUT2D eigenvalue weighted by atomic mass is 32.2. The number of ether oxygens (including phenoxy) is 1. The van der Waals surface area contributed by atoms with Crippen molar-refractivity contribution in [1.29, 1.82) is 0 Å². The van der Waals surface area contributed by atoms with E-state index < -0.39 is 22.1 Å². The van der Waals surface area contributed by atoms with Crippen molar-refractivity contribution in [3.63, 3.8) is 0 Å². The van der Waals surface area contributed by atoms with E-state index >= 15 is 0 Å². The van der Waals surface area contributed by atoms with Gasteiger partial charge in [-0.15, -0.1) is 4.40 Å². The molecule has 0 saturated carbocycles. The number of hydrogen-bond donors (Lipinski definition) is 0. The van der Waals surface area contributed by atoms with Crippen LogP contribution in [-0.4, -0.2) is 55.5 Å². The van der Waals surface area contributed by atoms with Crippen molar-refractivity contribution in [3.8, 4) is 0 Å². The van der Waals surface area contributed by atoms with E-state index in [0.717, 1.165) is 17.7 Å². The number of benzene rings is 1. The Balaban J connectivity index is 1.46. The molecule has 1 aromatic rings. The molecule has 1 aromatic carbocycles. The molecule has 8 nitrogen and oxygen atoms in total. The van der Waals surface area contributed by atoms with Gasteiger partial charge in [0.25, 0.3) is 15.9 Å². The van der Waals surface area contributed by atoms with Gasteiger partial charge in [0.05, 0.1) is 11.3 Å². The summed E-state index contributed by atoms with van der Waals surface area (Å²) in [7, 11) is -3.46. The number of carbonyl (C=O) groups is 2. The zero-order valence-corrected chi connectivity index (χ0v) is 16.9. The predicted octanol–water partition coefficient (Wildman–Crippen LogP) is 1.39. The van der Waals surface area contributed by atoms with Crippen LogP contribution in [0.25, 0.3) is 0 Å². The van der Waals surface area contributed by atoms with Crippen LogP contribution in [0.15, 0.2) is 52.6 Å². The summed E-state index contributed by atoms with van der Waals surface area (Å²) in [6.45, 7) is 3.73. The summed E-state index contributed by atoms with van der Waals surface area (Å²) in [6, 6.07) is 7.69. The maximum atomic E-state index is 13.0. The molecule has 0 aromatic heterocycles. The lowest BCUT2D eigenvalue weighted by Gasteiger charge is -2.28. The Labute approximate surface area is 169 Å². The molecule has 29 heavy (non-hydrogen) atoms. The molecule has 3 aliphatic rings. The first kappa shape index (κ1) is 19.4. The van der Waals surface area contributed by atoms with Gasteiger partial charge in [0.2, 0.25) is 0 Å². The predicted molar refractivity (Wildman–Crippen MR) is 108 cm³/mol. The quantitative estimate of drug-likeness (QED) is 0.693. The number of esters is 1. The molecule has 152 valence electrons. The van der Waals surface area contributed by atoms with Gasteiger partial charge >= 0.3 is 5.97 Å². The molecule has 0 bridgehead atoms. The van der Waals surface area contributed by atoms with E-state index in [1.54, 1.807) is 16.7 Å². The summed E-state index contributed by atoms with van der Waals surface area (Å²) in [4.78, 5) is 28.8. The number of amidine groups is 1. The maximum Gasteiger partial charge on any atom is 0.340 e. The summed E-state index contributed by atoms with van der Waals surface area (Å²) in [5.41, 5.74) is 2.18. The highest BCUT2D eigenvalue weighted by molar-refractivity contribution is 7.90. The second-order valence-corrected chi connectivity index (χ2v) is 9.04. The zero-order valence-electron chi connectivity index (χ0n) is 16.1. The minimum atomic E-state index is -3.46. The first-order valence-electron chi connectivity index (χ1n) is 9.36. The number of fused-ring (bicyclic) bond motifs is 2. The van der Waals surface area contributed by atoms with Gasteiger partial charge in [0.15, 0.2) is 6.10 Å². The van der Waals surface area contributed by atoms with Crippen molar-refractivity contribution in [2.75, 3.05) is 17.2 Å². The van der Waals surface area contributed by atoms with Crippen molar-refractivity contribution in [3.05, 3.63) is 53.8 Å². The minimum absolute atomic E-state index is 0.0103. The number of amides is 1. The molecule has 0 fully saturated rings. The van der Waals surface area contributed by atoms with Crippen molar-refractivity contribution in [1.82, 2.24) is 4.90 Å². The van der Waals surface area contributed by atoms with E-state index in [1.807, 2.05) is 31.2 Å². The normalized spacial score (nSPS) is 22.9. The Morgan fingerprint density at radius 3 is 2.79 bits per heavy atom. The third-order valence-corrected chi connectivity index (χ3v) is 6.30. The molecule has 4 rings (SSSR count). The fourth-order valence-electron chi connectivity index (χ4n) is 3.70. The highest BCUT2D eigenvalue weighted by Crippen LogP contribution is 2.32. The topological polar surface area (TPSA) is 96.3 Å². The van der Waals surface area contributed by atoms with Crippen LogP contribution in [-0.2, 0) is 30.8 Å². The number of anilines is 1. The van der Waals surface area contributed by atoms with Crippen molar-refractivity contribution < 1.29 is 22.7 Å². The molecule has 2 atom stereocenters. The second kappa shape index (κ2) is 7.14. The van der Waals surface area contributed by atoms with E-state index in [-0.39, 0.29) is 35.7 Å². The van der Waals surface area contributed by atoms with Crippen LogP contribution < -0.4 is 4.90 Å². The minimum Gasteiger partial charge on any atom is -0.449 e. The van der Waals surface area contributed by atoms with Crippen LogP contribution in [0.3, 0.4) is 0 Å². The molecule has 3 heterocycles. The Hall–Kier alpha value is -2.94. The van der Waals surface area contributed by atoms with Crippen LogP contribution in [0, 0.1) is 0 Å². The van der Waals surface area contributed by atoms with Crippen LogP contribution in [0.1, 0.15) is 19.4 Å². The number of para-hydroxylation sites is 1. The molecular weight excluding hydrogens is 394 g/mol. The first-order valence-corrected chi connectivity index (χ1v) is 11.0. The van der Waals surface area contributed by atoms with Gasteiger partial charge in [-0.1, -0.05) is 18.2 Å². The summed E-state index contributed by atoms with van der Waals surface area (Å²) in [5, 5.41) is 0. The molecule has 0 unspecified atom stereocenters. The van der Waals surface area contributed by atoms with Gasteiger partial charge in [-0.3, -0.25) is 4.79 Å². The average molecular weight is 415 g/mol. The molecule has 0 saturated heterocycles. The van der Waals surface area contributed by atoms with Gasteiger partial charge < -0.3 is 14.5 Å². The molecule has 0 radical (unpaired) electrons. The van der Waals surface area contributed by atoms with Gasteiger partial charge in [0, 0.05) is 24.5 Å². The molecule has 0 N–H and O–H groups in total. The lowest BCUT2D eigenvalue weighted by Crippen LogP contribution is -2.43. The lowest BCUT2D eigenvalue weighted by molar-refractivity contribution is -0.150. The number of sulfonamides is 1. The fraction of sp³-hybridized carbons (Fsp3) is 0.350. The fourth-order valence-corrected chi connectivity index (χ4v) is 4.67. The third kappa shape index (κ3) is 3.69. The van der Waals surface area contributed by atoms with Crippen LogP contribution in [0.5, 0.6) is 0 Å². The monoisotopic (exact) mass is 415 g/mol. The molecular formula is C20H21N3O5S. The Bertz CT molecular complexity index is 1070. The lowest BCUT2D eigenvalue weighted by atomic mass is 10.1. The maximum absolute atomic E-state index is 13.0. The van der Waals surface area contributed by atoms with Crippen LogP contribution in [0.4, 0.5) is 5.69 Å². The summed E-state index contributed by atoms with van der Waals surface area (Å²) < 4.78 is 32.2. The number of rotatable bonds is 3. The molecule has 0 spiro atoms. The van der Waals surface area contributed by atoms with Crippen LogP contribution >= 0.6 is 0 Å². The van der Waals surface area contributed by atoms with E-state index in [1.165, 1.54) is 18.4 Å². The second-order valence-electron chi connectivity index (χ2n) is 7.28. The molecule has 0 aliphatic carbocycles. The largest absolute Gasteiger partial charge is 0.449 e. The molecule has 3 aliphatic heterocycles. The van der Waals surface area contributed by atoms with Crippen molar-refractivity contribution in [2.24, 2.45) is 4.40 Å². The van der Waals surface area contributed by atoms with E-state index in [9.17, 15) is 18.0 Å². The highest BCUT2D eigenvalue weighted by Gasteiger charge is 2.35. The average Bonchev–Trinajstić information content (AvgIpc) is 3.01. The van der Waals surface area contributed by atoms with Crippen molar-refractivity contribution in [2.45, 2.75) is 32.4 Å². The van der Waals surface area contributed by atoms with Crippen molar-refractivity contribution >= 4 is 33.4 Å². The SMILES string of the molecule is C[C@@H](OC(=O)C1=CN2CCS(=O)(=O)N=C2C=C1)C(=O)N1c2ccccc2C[C@@H]1C. The third-order valence-electron chi connectivity index (χ3n) is 5.14. The first-order chi connectivity index (χ1) is 13.7. The number of carbonyl (C=O) groups excluding carboxylic acids is 2. The summed E-state index contributed by atoms with van der Waals surface area (Å²) in [5.74, 6) is -0.777. The van der Waals surface area contributed by atoms with Crippen LogP contribution in [0.2, 0.25) is 0 Å².